The number of carbonyl (C=O) groups excluding carboxylic acids is 2. The Kier molecular flexibility index (Phi) is 4.31. The molecule has 7 heteroatoms. The van der Waals surface area contributed by atoms with Gasteiger partial charge in [-0.05, 0) is 23.6 Å². The van der Waals surface area contributed by atoms with E-state index in [-0.39, 0.29) is 6.54 Å². The average molecular weight is 296 g/mol. The molecule has 2 heterocycles. The summed E-state index contributed by atoms with van der Waals surface area (Å²) < 4.78 is 0. The van der Waals surface area contributed by atoms with Gasteiger partial charge in [-0.3, -0.25) is 9.59 Å². The van der Waals surface area contributed by atoms with E-state index >= 15 is 0 Å². The molecule has 1 unspecified atom stereocenters. The lowest BCUT2D eigenvalue weighted by molar-refractivity contribution is -0.137. The summed E-state index contributed by atoms with van der Waals surface area (Å²) in [5, 5.41) is 14.2. The summed E-state index contributed by atoms with van der Waals surface area (Å²) in [5.41, 5.74) is 4.80. The van der Waals surface area contributed by atoms with Crippen LogP contribution in [0.3, 0.4) is 0 Å². The van der Waals surface area contributed by atoms with Gasteiger partial charge in [0.1, 0.15) is 6.10 Å². The van der Waals surface area contributed by atoms with Crippen molar-refractivity contribution in [3.05, 3.63) is 34.5 Å². The smallest absolute Gasteiger partial charge is 0.309 e. The fourth-order valence-electron chi connectivity index (χ4n) is 1.46. The summed E-state index contributed by atoms with van der Waals surface area (Å²) in [4.78, 5) is 24.4. The van der Waals surface area contributed by atoms with Gasteiger partial charge in [0.15, 0.2) is 0 Å². The van der Waals surface area contributed by atoms with Gasteiger partial charge in [-0.15, -0.1) is 22.7 Å². The predicted octanol–water partition coefficient (Wildman–Crippen LogP) is 1.11. The van der Waals surface area contributed by atoms with E-state index in [0.717, 1.165) is 14.6 Å². The van der Waals surface area contributed by atoms with E-state index in [1.54, 1.807) is 17.4 Å². The maximum absolute atomic E-state index is 11.0. The number of primary amides is 1. The molecule has 2 rings (SSSR count). The zero-order valence-corrected chi connectivity index (χ0v) is 11.5. The van der Waals surface area contributed by atoms with Crippen molar-refractivity contribution in [2.45, 2.75) is 6.10 Å². The molecule has 5 nitrogen and oxygen atoms in total. The van der Waals surface area contributed by atoms with Crippen molar-refractivity contribution < 1.29 is 14.7 Å². The number of rotatable bonds is 4. The van der Waals surface area contributed by atoms with Crippen molar-refractivity contribution in [2.75, 3.05) is 6.54 Å². The van der Waals surface area contributed by atoms with Crippen LogP contribution < -0.4 is 11.1 Å². The molecule has 0 saturated carbocycles. The first-order valence-corrected chi connectivity index (χ1v) is 7.17. The van der Waals surface area contributed by atoms with Gasteiger partial charge in [-0.25, -0.2) is 0 Å². The third kappa shape index (κ3) is 3.40. The number of thiophene rings is 2. The van der Waals surface area contributed by atoms with Crippen LogP contribution in [0.1, 0.15) is 11.0 Å². The second-order valence-corrected chi connectivity index (χ2v) is 5.83. The van der Waals surface area contributed by atoms with E-state index < -0.39 is 17.9 Å². The number of nitrogens with two attached hydrogens (primary N) is 1. The topological polar surface area (TPSA) is 92.4 Å². The van der Waals surface area contributed by atoms with E-state index in [1.807, 2.05) is 23.6 Å². The highest BCUT2D eigenvalue weighted by molar-refractivity contribution is 7.21. The number of hydrogen-bond donors (Lipinski definition) is 3. The number of carbonyl (C=O) groups is 2. The van der Waals surface area contributed by atoms with Crippen molar-refractivity contribution in [1.29, 1.82) is 0 Å². The van der Waals surface area contributed by atoms with Gasteiger partial charge in [0.05, 0.1) is 0 Å². The summed E-state index contributed by atoms with van der Waals surface area (Å²) in [7, 11) is 0. The molecular formula is C12H12N2O3S2. The number of hydrogen-bond acceptors (Lipinski definition) is 5. The second kappa shape index (κ2) is 5.96. The third-order valence-electron chi connectivity index (χ3n) is 2.40. The normalized spacial score (nSPS) is 12.1. The first-order chi connectivity index (χ1) is 9.08. The van der Waals surface area contributed by atoms with Gasteiger partial charge in [0.2, 0.25) is 0 Å². The summed E-state index contributed by atoms with van der Waals surface area (Å²) in [6, 6.07) is 7.69. The molecule has 2 aromatic rings. The van der Waals surface area contributed by atoms with Gasteiger partial charge in [0.25, 0.3) is 0 Å². The first kappa shape index (κ1) is 13.7. The van der Waals surface area contributed by atoms with Crippen LogP contribution in [0.4, 0.5) is 0 Å². The SMILES string of the molecule is NC(=O)C(=O)NCC(O)c1ccc(-c2cccs2)s1. The molecule has 0 aliphatic carbocycles. The van der Waals surface area contributed by atoms with E-state index in [0.29, 0.717) is 0 Å². The number of aliphatic hydroxyl groups excluding tert-OH is 1. The van der Waals surface area contributed by atoms with Crippen molar-refractivity contribution in [1.82, 2.24) is 5.32 Å². The Bertz CT molecular complexity index is 578. The van der Waals surface area contributed by atoms with Crippen LogP contribution in [-0.2, 0) is 9.59 Å². The molecule has 4 N–H and O–H groups in total. The van der Waals surface area contributed by atoms with Gasteiger partial charge in [0, 0.05) is 21.2 Å². The summed E-state index contributed by atoms with van der Waals surface area (Å²) in [6.45, 7) is -0.0355. The Hall–Kier alpha value is -1.70. The number of nitrogens with one attached hydrogen (secondary N) is 1. The Balaban J connectivity index is 1.98. The van der Waals surface area contributed by atoms with Crippen molar-refractivity contribution >= 4 is 34.5 Å². The third-order valence-corrected chi connectivity index (χ3v) is 4.65. The molecule has 0 aliphatic heterocycles. The van der Waals surface area contributed by atoms with Crippen molar-refractivity contribution in [2.24, 2.45) is 5.73 Å². The molecule has 2 amide bonds. The van der Waals surface area contributed by atoms with Crippen molar-refractivity contribution in [3.8, 4) is 9.75 Å². The molecule has 19 heavy (non-hydrogen) atoms. The lowest BCUT2D eigenvalue weighted by Gasteiger charge is -2.08. The molecular weight excluding hydrogens is 284 g/mol. The van der Waals surface area contributed by atoms with Crippen LogP contribution in [0.25, 0.3) is 9.75 Å². The number of amides is 2. The minimum atomic E-state index is -1.06. The molecule has 100 valence electrons. The molecule has 1 atom stereocenters. The van der Waals surface area contributed by atoms with E-state index in [1.165, 1.54) is 11.3 Å². The maximum Gasteiger partial charge on any atom is 0.309 e. The number of aliphatic hydroxyl groups is 1. The lowest BCUT2D eigenvalue weighted by Crippen LogP contribution is -2.38. The van der Waals surface area contributed by atoms with Crippen LogP contribution in [0.15, 0.2) is 29.6 Å². The molecule has 0 radical (unpaired) electrons. The summed E-state index contributed by atoms with van der Waals surface area (Å²) in [5.74, 6) is -1.95. The largest absolute Gasteiger partial charge is 0.386 e. The second-order valence-electron chi connectivity index (χ2n) is 3.77. The zero-order valence-electron chi connectivity index (χ0n) is 9.83. The first-order valence-electron chi connectivity index (χ1n) is 5.47. The molecule has 2 aromatic heterocycles. The fraction of sp³-hybridized carbons (Fsp3) is 0.167. The van der Waals surface area contributed by atoms with E-state index in [4.69, 9.17) is 5.73 Å². The Labute approximate surface area is 117 Å². The van der Waals surface area contributed by atoms with Crippen LogP contribution in [0.2, 0.25) is 0 Å². The van der Waals surface area contributed by atoms with Crippen LogP contribution in [0.5, 0.6) is 0 Å². The van der Waals surface area contributed by atoms with E-state index in [9.17, 15) is 14.7 Å². The minimum absolute atomic E-state index is 0.0355. The highest BCUT2D eigenvalue weighted by Crippen LogP contribution is 2.33. The lowest BCUT2D eigenvalue weighted by atomic mass is 10.3. The Morgan fingerprint density at radius 1 is 1.32 bits per heavy atom. The molecule has 0 saturated heterocycles. The minimum Gasteiger partial charge on any atom is -0.386 e. The summed E-state index contributed by atoms with van der Waals surface area (Å²) >= 11 is 3.07. The van der Waals surface area contributed by atoms with E-state index in [2.05, 4.69) is 5.32 Å². The predicted molar refractivity (Wildman–Crippen MR) is 74.8 cm³/mol. The van der Waals surface area contributed by atoms with Gasteiger partial charge < -0.3 is 16.2 Å². The van der Waals surface area contributed by atoms with Gasteiger partial charge in [-0.2, -0.15) is 0 Å². The molecule has 0 spiro atoms. The molecule has 0 aromatic carbocycles. The fourth-order valence-corrected chi connectivity index (χ4v) is 3.29. The highest BCUT2D eigenvalue weighted by atomic mass is 32.1. The monoisotopic (exact) mass is 296 g/mol. The molecule has 0 fully saturated rings. The van der Waals surface area contributed by atoms with Crippen LogP contribution in [-0.4, -0.2) is 23.5 Å². The van der Waals surface area contributed by atoms with Gasteiger partial charge in [-0.1, -0.05) is 6.07 Å². The quantitative estimate of drug-likeness (QED) is 0.738. The van der Waals surface area contributed by atoms with Gasteiger partial charge >= 0.3 is 11.8 Å². The molecule has 0 bridgehead atoms. The maximum atomic E-state index is 11.0. The van der Waals surface area contributed by atoms with Crippen LogP contribution >= 0.6 is 22.7 Å². The Morgan fingerprint density at radius 2 is 2.11 bits per heavy atom. The molecule has 0 aliphatic rings. The zero-order chi connectivity index (χ0) is 13.8. The highest BCUT2D eigenvalue weighted by Gasteiger charge is 2.15. The Morgan fingerprint density at radius 3 is 2.74 bits per heavy atom. The summed E-state index contributed by atoms with van der Waals surface area (Å²) in [6.07, 6.45) is -0.845. The standard InChI is InChI=1S/C12H12N2O3S2/c13-11(16)12(17)14-6-7(15)8-3-4-10(19-8)9-2-1-5-18-9/h1-5,7,15H,6H2,(H2,13,16)(H,14,17). The average Bonchev–Trinajstić information content (AvgIpc) is 3.04. The van der Waals surface area contributed by atoms with Crippen molar-refractivity contribution in [3.63, 3.8) is 0 Å². The van der Waals surface area contributed by atoms with Crippen LogP contribution in [0, 0.1) is 0 Å².